The summed E-state index contributed by atoms with van der Waals surface area (Å²) in [5.41, 5.74) is 5.54. The zero-order valence-corrected chi connectivity index (χ0v) is 9.44. The van der Waals surface area contributed by atoms with Crippen molar-refractivity contribution in [1.82, 2.24) is 5.32 Å². The minimum Gasteiger partial charge on any atom is -0.507 e. The molecule has 0 bridgehead atoms. The normalized spacial score (nSPS) is 17.2. The van der Waals surface area contributed by atoms with Crippen LogP contribution >= 0.6 is 0 Å². The lowest BCUT2D eigenvalue weighted by atomic mass is 9.78. The molecule has 0 aromatic heterocycles. The Labute approximate surface area is 99.3 Å². The van der Waals surface area contributed by atoms with E-state index >= 15 is 0 Å². The van der Waals surface area contributed by atoms with E-state index in [4.69, 9.17) is 5.73 Å². The van der Waals surface area contributed by atoms with Gasteiger partial charge in [0, 0.05) is 12.1 Å². The maximum absolute atomic E-state index is 11.8. The lowest BCUT2D eigenvalue weighted by molar-refractivity contribution is 0.0924. The summed E-state index contributed by atoms with van der Waals surface area (Å²) in [4.78, 5) is 11.8. The first-order valence-corrected chi connectivity index (χ1v) is 5.60. The largest absolute Gasteiger partial charge is 0.507 e. The van der Waals surface area contributed by atoms with Crippen molar-refractivity contribution in [2.45, 2.75) is 24.8 Å². The highest BCUT2D eigenvalue weighted by atomic mass is 16.3. The molecule has 1 aliphatic rings. The third-order valence-corrected chi connectivity index (χ3v) is 3.20. The van der Waals surface area contributed by atoms with Gasteiger partial charge in [-0.05, 0) is 31.4 Å². The number of nitrogens with two attached hydrogens (primary N) is 1. The van der Waals surface area contributed by atoms with E-state index in [1.807, 2.05) is 0 Å². The molecule has 0 radical (unpaired) electrons. The van der Waals surface area contributed by atoms with Crippen LogP contribution in [0.3, 0.4) is 0 Å². The second-order valence-corrected chi connectivity index (χ2v) is 4.57. The zero-order valence-electron chi connectivity index (χ0n) is 9.44. The predicted octanol–water partition coefficient (Wildman–Crippen LogP) is 0.709. The molecular formula is C12H16N2O3. The number of hydrogen-bond donors (Lipinski definition) is 4. The molecule has 1 fully saturated rings. The van der Waals surface area contributed by atoms with Gasteiger partial charge in [0.1, 0.15) is 17.1 Å². The van der Waals surface area contributed by atoms with Crippen molar-refractivity contribution >= 4 is 5.91 Å². The fourth-order valence-electron chi connectivity index (χ4n) is 1.91. The summed E-state index contributed by atoms with van der Waals surface area (Å²) in [6.45, 7) is 0.361. The van der Waals surface area contributed by atoms with E-state index in [0.29, 0.717) is 6.54 Å². The summed E-state index contributed by atoms with van der Waals surface area (Å²) in [6.07, 6.45) is 2.86. The Balaban J connectivity index is 2.04. The highest BCUT2D eigenvalue weighted by Crippen LogP contribution is 2.29. The van der Waals surface area contributed by atoms with Gasteiger partial charge < -0.3 is 21.3 Å². The van der Waals surface area contributed by atoms with Crippen molar-refractivity contribution < 1.29 is 15.0 Å². The zero-order chi connectivity index (χ0) is 12.5. The van der Waals surface area contributed by atoms with Crippen LogP contribution in [0.2, 0.25) is 0 Å². The lowest BCUT2D eigenvalue weighted by Gasteiger charge is -2.38. The Morgan fingerprint density at radius 2 is 1.94 bits per heavy atom. The van der Waals surface area contributed by atoms with Crippen LogP contribution in [-0.4, -0.2) is 28.2 Å². The van der Waals surface area contributed by atoms with E-state index in [1.54, 1.807) is 0 Å². The van der Waals surface area contributed by atoms with Gasteiger partial charge in [-0.15, -0.1) is 0 Å². The van der Waals surface area contributed by atoms with Crippen molar-refractivity contribution in [3.8, 4) is 11.5 Å². The molecule has 0 heterocycles. The third-order valence-electron chi connectivity index (χ3n) is 3.20. The second kappa shape index (κ2) is 4.25. The quantitative estimate of drug-likeness (QED) is 0.621. The first-order chi connectivity index (χ1) is 8.02. The van der Waals surface area contributed by atoms with E-state index in [1.165, 1.54) is 18.2 Å². The Hall–Kier alpha value is -1.75. The van der Waals surface area contributed by atoms with E-state index in [-0.39, 0.29) is 22.6 Å². The molecule has 1 amide bonds. The Morgan fingerprint density at radius 1 is 1.35 bits per heavy atom. The molecule has 0 atom stereocenters. The highest BCUT2D eigenvalue weighted by molar-refractivity contribution is 5.99. The molecule has 0 unspecified atom stereocenters. The fourth-order valence-corrected chi connectivity index (χ4v) is 1.91. The van der Waals surface area contributed by atoms with Gasteiger partial charge in [-0.25, -0.2) is 0 Å². The SMILES string of the molecule is NC1(CNC(=O)c2c(O)cccc2O)CCC1. The van der Waals surface area contributed by atoms with Gasteiger partial charge in [-0.1, -0.05) is 6.07 Å². The average molecular weight is 236 g/mol. The number of nitrogens with one attached hydrogen (secondary N) is 1. The van der Waals surface area contributed by atoms with Crippen molar-refractivity contribution in [2.75, 3.05) is 6.54 Å². The number of carbonyl (C=O) groups is 1. The van der Waals surface area contributed by atoms with Crippen LogP contribution in [0.5, 0.6) is 11.5 Å². The maximum atomic E-state index is 11.8. The van der Waals surface area contributed by atoms with Gasteiger partial charge >= 0.3 is 0 Å². The Kier molecular flexibility index (Phi) is 2.93. The number of benzene rings is 1. The molecule has 5 nitrogen and oxygen atoms in total. The van der Waals surface area contributed by atoms with E-state index in [9.17, 15) is 15.0 Å². The van der Waals surface area contributed by atoms with Crippen LogP contribution in [0.1, 0.15) is 29.6 Å². The molecule has 92 valence electrons. The van der Waals surface area contributed by atoms with E-state index in [2.05, 4.69) is 5.32 Å². The average Bonchev–Trinajstić information content (AvgIpc) is 2.23. The molecule has 0 spiro atoms. The third kappa shape index (κ3) is 2.34. The molecule has 1 aromatic rings. The summed E-state index contributed by atoms with van der Waals surface area (Å²) in [5, 5.41) is 21.7. The number of amides is 1. The van der Waals surface area contributed by atoms with Gasteiger partial charge in [0.15, 0.2) is 0 Å². The summed E-state index contributed by atoms with van der Waals surface area (Å²) < 4.78 is 0. The van der Waals surface area contributed by atoms with Gasteiger partial charge in [0.05, 0.1) is 0 Å². The molecule has 1 saturated carbocycles. The molecule has 0 saturated heterocycles. The molecule has 17 heavy (non-hydrogen) atoms. The van der Waals surface area contributed by atoms with Gasteiger partial charge in [-0.2, -0.15) is 0 Å². The monoisotopic (exact) mass is 236 g/mol. The summed E-state index contributed by atoms with van der Waals surface area (Å²) >= 11 is 0. The number of carbonyl (C=O) groups excluding carboxylic acids is 1. The molecule has 1 aliphatic carbocycles. The molecular weight excluding hydrogens is 220 g/mol. The summed E-state index contributed by atoms with van der Waals surface area (Å²) in [6, 6.07) is 4.18. The number of phenols is 2. The summed E-state index contributed by atoms with van der Waals surface area (Å²) in [5.74, 6) is -0.971. The fraction of sp³-hybridized carbons (Fsp3) is 0.417. The van der Waals surface area contributed by atoms with Crippen LogP contribution in [0.15, 0.2) is 18.2 Å². The van der Waals surface area contributed by atoms with Crippen LogP contribution in [0, 0.1) is 0 Å². The molecule has 5 heteroatoms. The second-order valence-electron chi connectivity index (χ2n) is 4.57. The summed E-state index contributed by atoms with van der Waals surface area (Å²) in [7, 11) is 0. The van der Waals surface area contributed by atoms with Crippen molar-refractivity contribution in [3.05, 3.63) is 23.8 Å². The lowest BCUT2D eigenvalue weighted by Crippen LogP contribution is -2.54. The molecule has 0 aliphatic heterocycles. The smallest absolute Gasteiger partial charge is 0.258 e. The van der Waals surface area contributed by atoms with Crippen molar-refractivity contribution in [3.63, 3.8) is 0 Å². The topological polar surface area (TPSA) is 95.6 Å². The first-order valence-electron chi connectivity index (χ1n) is 5.60. The number of phenolic OH excluding ortho intramolecular Hbond substituents is 2. The first kappa shape index (κ1) is 11.7. The number of rotatable bonds is 3. The predicted molar refractivity (Wildman–Crippen MR) is 62.9 cm³/mol. The maximum Gasteiger partial charge on any atom is 0.258 e. The van der Waals surface area contributed by atoms with E-state index in [0.717, 1.165) is 19.3 Å². The standard InChI is InChI=1S/C12H16N2O3/c13-12(5-2-6-12)7-14-11(17)10-8(15)3-1-4-9(10)16/h1,3-4,15-16H,2,5-7,13H2,(H,14,17). The van der Waals surface area contributed by atoms with E-state index < -0.39 is 5.91 Å². The Bertz CT molecular complexity index is 421. The van der Waals surface area contributed by atoms with Crippen LogP contribution in [-0.2, 0) is 0 Å². The van der Waals surface area contributed by atoms with Gasteiger partial charge in [0.2, 0.25) is 0 Å². The van der Waals surface area contributed by atoms with Crippen molar-refractivity contribution in [2.24, 2.45) is 5.73 Å². The van der Waals surface area contributed by atoms with Gasteiger partial charge in [-0.3, -0.25) is 4.79 Å². The molecule has 1 aromatic carbocycles. The van der Waals surface area contributed by atoms with Crippen molar-refractivity contribution in [1.29, 1.82) is 0 Å². The number of hydrogen-bond acceptors (Lipinski definition) is 4. The van der Waals surface area contributed by atoms with Gasteiger partial charge in [0.25, 0.3) is 5.91 Å². The Morgan fingerprint density at radius 3 is 2.41 bits per heavy atom. The highest BCUT2D eigenvalue weighted by Gasteiger charge is 2.33. The molecule has 5 N–H and O–H groups in total. The molecule has 2 rings (SSSR count). The van der Waals surface area contributed by atoms with Crippen LogP contribution in [0.25, 0.3) is 0 Å². The van der Waals surface area contributed by atoms with Crippen LogP contribution < -0.4 is 11.1 Å². The minimum absolute atomic E-state index is 0.101. The number of aromatic hydroxyl groups is 2. The minimum atomic E-state index is -0.502. The van der Waals surface area contributed by atoms with Crippen LogP contribution in [0.4, 0.5) is 0 Å².